The molecular formula is C23H29N3O4. The molecule has 3 rings (SSSR count). The highest BCUT2D eigenvalue weighted by molar-refractivity contribution is 6.10. The molecule has 1 atom stereocenters. The average molecular weight is 412 g/mol. The molecule has 0 bridgehead atoms. The molecule has 3 aromatic rings. The van der Waals surface area contributed by atoms with Crippen molar-refractivity contribution in [3.8, 4) is 11.5 Å². The van der Waals surface area contributed by atoms with Gasteiger partial charge in [0, 0.05) is 35.2 Å². The molecule has 0 aliphatic heterocycles. The van der Waals surface area contributed by atoms with E-state index in [1.165, 1.54) is 0 Å². The quantitative estimate of drug-likeness (QED) is 0.455. The fourth-order valence-corrected chi connectivity index (χ4v) is 2.99. The molecule has 1 aromatic heterocycles. The first-order valence-electron chi connectivity index (χ1n) is 9.88. The Morgan fingerprint density at radius 2 is 2.00 bits per heavy atom. The van der Waals surface area contributed by atoms with Crippen LogP contribution in [0.15, 0.2) is 48.7 Å². The predicted molar refractivity (Wildman–Crippen MR) is 119 cm³/mol. The van der Waals surface area contributed by atoms with Gasteiger partial charge >= 0.3 is 0 Å². The Kier molecular flexibility index (Phi) is 6.64. The second-order valence-electron chi connectivity index (χ2n) is 8.16. The van der Waals surface area contributed by atoms with Crippen LogP contribution in [0.2, 0.25) is 0 Å². The number of benzene rings is 2. The van der Waals surface area contributed by atoms with Gasteiger partial charge in [-0.05, 0) is 51.1 Å². The summed E-state index contributed by atoms with van der Waals surface area (Å²) in [7, 11) is 1.55. The van der Waals surface area contributed by atoms with Gasteiger partial charge in [0.1, 0.15) is 24.2 Å². The van der Waals surface area contributed by atoms with Crippen molar-refractivity contribution in [3.63, 3.8) is 0 Å². The van der Waals surface area contributed by atoms with Crippen LogP contribution >= 0.6 is 0 Å². The maximum Gasteiger partial charge on any atom is 0.259 e. The molecule has 1 amide bonds. The molecular weight excluding hydrogens is 382 g/mol. The number of carbonyl (C=O) groups is 1. The van der Waals surface area contributed by atoms with Crippen molar-refractivity contribution < 1.29 is 19.4 Å². The van der Waals surface area contributed by atoms with Gasteiger partial charge in [0.15, 0.2) is 0 Å². The van der Waals surface area contributed by atoms with Crippen LogP contribution in [0, 0.1) is 0 Å². The lowest BCUT2D eigenvalue weighted by Gasteiger charge is -2.23. The van der Waals surface area contributed by atoms with Gasteiger partial charge in [0.05, 0.1) is 18.4 Å². The normalized spacial score (nSPS) is 12.6. The van der Waals surface area contributed by atoms with Gasteiger partial charge in [-0.1, -0.05) is 6.07 Å². The first kappa shape index (κ1) is 21.7. The number of anilines is 1. The summed E-state index contributed by atoms with van der Waals surface area (Å²) in [6, 6.07) is 12.6. The number of rotatable bonds is 8. The van der Waals surface area contributed by atoms with Crippen LogP contribution in [0.25, 0.3) is 10.9 Å². The van der Waals surface area contributed by atoms with Crippen molar-refractivity contribution >= 4 is 22.5 Å². The van der Waals surface area contributed by atoms with Crippen molar-refractivity contribution in [2.75, 3.05) is 25.6 Å². The van der Waals surface area contributed by atoms with E-state index < -0.39 is 6.10 Å². The largest absolute Gasteiger partial charge is 0.497 e. The smallest absolute Gasteiger partial charge is 0.259 e. The van der Waals surface area contributed by atoms with E-state index in [0.717, 1.165) is 10.9 Å². The van der Waals surface area contributed by atoms with Crippen molar-refractivity contribution in [1.29, 1.82) is 0 Å². The number of carbonyl (C=O) groups excluding carboxylic acids is 1. The molecule has 0 aliphatic rings. The third-order valence-electron chi connectivity index (χ3n) is 4.58. The molecule has 4 N–H and O–H groups in total. The van der Waals surface area contributed by atoms with E-state index in [-0.39, 0.29) is 18.1 Å². The van der Waals surface area contributed by atoms with Crippen LogP contribution in [-0.4, -0.2) is 47.9 Å². The number of amides is 1. The number of aromatic amines is 1. The maximum absolute atomic E-state index is 13.0. The van der Waals surface area contributed by atoms with Crippen LogP contribution in [-0.2, 0) is 0 Å². The van der Waals surface area contributed by atoms with Gasteiger partial charge in [-0.3, -0.25) is 4.79 Å². The average Bonchev–Trinajstić information content (AvgIpc) is 3.19. The molecule has 30 heavy (non-hydrogen) atoms. The summed E-state index contributed by atoms with van der Waals surface area (Å²) in [4.78, 5) is 16.1. The molecule has 0 saturated heterocycles. The number of aliphatic hydroxyl groups is 1. The summed E-state index contributed by atoms with van der Waals surface area (Å²) in [5.74, 6) is 0.614. The van der Waals surface area contributed by atoms with Crippen molar-refractivity contribution in [3.05, 3.63) is 54.2 Å². The summed E-state index contributed by atoms with van der Waals surface area (Å²) < 4.78 is 11.1. The number of H-pyrrole nitrogens is 1. The number of aromatic nitrogens is 1. The first-order valence-corrected chi connectivity index (χ1v) is 9.88. The number of nitrogens with one attached hydrogen (secondary N) is 3. The Labute approximate surface area is 176 Å². The van der Waals surface area contributed by atoms with Gasteiger partial charge < -0.3 is 30.2 Å². The van der Waals surface area contributed by atoms with E-state index in [4.69, 9.17) is 9.47 Å². The molecule has 0 saturated carbocycles. The highest BCUT2D eigenvalue weighted by Gasteiger charge is 2.18. The topological polar surface area (TPSA) is 95.6 Å². The molecule has 0 fully saturated rings. The fourth-order valence-electron chi connectivity index (χ4n) is 2.99. The lowest BCUT2D eigenvalue weighted by atomic mass is 10.1. The summed E-state index contributed by atoms with van der Waals surface area (Å²) >= 11 is 0. The van der Waals surface area contributed by atoms with Crippen LogP contribution < -0.4 is 20.1 Å². The fraction of sp³-hybridized carbons (Fsp3) is 0.348. The van der Waals surface area contributed by atoms with Gasteiger partial charge in [0.25, 0.3) is 5.91 Å². The highest BCUT2D eigenvalue weighted by Crippen LogP contribution is 2.28. The number of aliphatic hydroxyl groups excluding tert-OH is 1. The monoisotopic (exact) mass is 411 g/mol. The Bertz CT molecular complexity index is 1010. The molecule has 0 radical (unpaired) electrons. The van der Waals surface area contributed by atoms with Gasteiger partial charge in [-0.2, -0.15) is 0 Å². The minimum absolute atomic E-state index is 0.0456. The number of fused-ring (bicyclic) bond motifs is 1. The zero-order valence-corrected chi connectivity index (χ0v) is 17.8. The van der Waals surface area contributed by atoms with Crippen LogP contribution in [0.1, 0.15) is 31.1 Å². The number of ether oxygens (including phenoxy) is 2. The molecule has 1 heterocycles. The van der Waals surface area contributed by atoms with E-state index in [0.29, 0.717) is 29.3 Å². The third-order valence-corrected chi connectivity index (χ3v) is 4.58. The summed E-state index contributed by atoms with van der Waals surface area (Å²) in [5, 5.41) is 17.3. The number of hydrogen-bond acceptors (Lipinski definition) is 5. The van der Waals surface area contributed by atoms with Crippen molar-refractivity contribution in [1.82, 2.24) is 10.3 Å². The van der Waals surface area contributed by atoms with Crippen LogP contribution in [0.3, 0.4) is 0 Å². The number of β-amino-alcohol motifs (C(OH)–C–C–N with tert-alkyl or cyclic N) is 1. The number of methoxy groups -OCH3 is 1. The van der Waals surface area contributed by atoms with Crippen molar-refractivity contribution in [2.45, 2.75) is 32.4 Å². The van der Waals surface area contributed by atoms with Crippen LogP contribution in [0.5, 0.6) is 11.5 Å². The standard InChI is InChI=1S/C23H29N3O4/c1-23(2,3)25-13-15(27)14-30-21-12-16(29-4)8-9-18(21)22(28)26-20-7-5-6-19-17(20)10-11-24-19/h5-12,15,24-25,27H,13-14H2,1-4H3,(H,26,28). The van der Waals surface area contributed by atoms with Crippen LogP contribution in [0.4, 0.5) is 5.69 Å². The van der Waals surface area contributed by atoms with Gasteiger partial charge in [-0.25, -0.2) is 0 Å². The van der Waals surface area contributed by atoms with E-state index >= 15 is 0 Å². The molecule has 160 valence electrons. The lowest BCUT2D eigenvalue weighted by Crippen LogP contribution is -2.42. The first-order chi connectivity index (χ1) is 14.3. The van der Waals surface area contributed by atoms with Gasteiger partial charge in [0.2, 0.25) is 0 Å². The Hall–Kier alpha value is -3.03. The molecule has 0 spiro atoms. The summed E-state index contributed by atoms with van der Waals surface area (Å²) in [6.07, 6.45) is 1.11. The molecule has 2 aromatic carbocycles. The molecule has 7 nitrogen and oxygen atoms in total. The summed E-state index contributed by atoms with van der Waals surface area (Å²) in [5.41, 5.74) is 1.89. The SMILES string of the molecule is COc1ccc(C(=O)Nc2cccc3[nH]ccc23)c(OCC(O)CNC(C)(C)C)c1. The Morgan fingerprint density at radius 1 is 1.20 bits per heavy atom. The maximum atomic E-state index is 13.0. The predicted octanol–water partition coefficient (Wildman–Crippen LogP) is 3.56. The highest BCUT2D eigenvalue weighted by atomic mass is 16.5. The second kappa shape index (κ2) is 9.19. The van der Waals surface area contributed by atoms with Gasteiger partial charge in [-0.15, -0.1) is 0 Å². The minimum atomic E-state index is -0.722. The third kappa shape index (κ3) is 5.52. The van der Waals surface area contributed by atoms with E-state index in [1.54, 1.807) is 25.3 Å². The zero-order valence-electron chi connectivity index (χ0n) is 17.8. The zero-order chi connectivity index (χ0) is 21.7. The lowest BCUT2D eigenvalue weighted by molar-refractivity contribution is 0.0953. The van der Waals surface area contributed by atoms with E-state index in [2.05, 4.69) is 15.6 Å². The van der Waals surface area contributed by atoms with E-state index in [1.807, 2.05) is 51.2 Å². The summed E-state index contributed by atoms with van der Waals surface area (Å²) in [6.45, 7) is 6.50. The number of hydrogen-bond donors (Lipinski definition) is 4. The minimum Gasteiger partial charge on any atom is -0.497 e. The molecule has 7 heteroatoms. The Morgan fingerprint density at radius 3 is 2.73 bits per heavy atom. The van der Waals surface area contributed by atoms with Crippen molar-refractivity contribution in [2.24, 2.45) is 0 Å². The molecule has 0 aliphatic carbocycles. The molecule has 1 unspecified atom stereocenters. The second-order valence-corrected chi connectivity index (χ2v) is 8.16. The Balaban J connectivity index is 1.75. The van der Waals surface area contributed by atoms with E-state index in [9.17, 15) is 9.90 Å².